The molecule has 36 heavy (non-hydrogen) atoms. The molecular formula is C32H32N2O2. The third-order valence-electron chi connectivity index (χ3n) is 7.92. The van der Waals surface area contributed by atoms with Crippen molar-refractivity contribution in [2.45, 2.75) is 25.3 Å². The Balaban J connectivity index is 1.32. The molecule has 4 heterocycles. The van der Waals surface area contributed by atoms with E-state index >= 15 is 0 Å². The van der Waals surface area contributed by atoms with E-state index in [9.17, 15) is 0 Å². The van der Waals surface area contributed by atoms with Crippen molar-refractivity contribution in [3.8, 4) is 28.5 Å². The number of methoxy groups -OCH3 is 1. The van der Waals surface area contributed by atoms with Crippen molar-refractivity contribution in [3.05, 3.63) is 97.1 Å². The molecule has 3 aliphatic heterocycles. The van der Waals surface area contributed by atoms with Gasteiger partial charge in [0, 0.05) is 23.5 Å². The standard InChI is InChI=1S/C32H32N2O2/c1-3-22-21-34-16-15-24(22)17-26(34)18-25-19-32(33-31-14-13-29(35-2)20-30(25)31)23-9-11-28(12-10-23)36-27-7-5-4-6-8-27/h3-14,19-20,22,24,26H,1,15-18,21H2,2H3. The van der Waals surface area contributed by atoms with Crippen molar-refractivity contribution < 1.29 is 9.47 Å². The number of ether oxygens (including phenoxy) is 2. The van der Waals surface area contributed by atoms with E-state index in [1.54, 1.807) is 7.11 Å². The number of nitrogens with zero attached hydrogens (tertiary/aromatic N) is 2. The van der Waals surface area contributed by atoms with Crippen molar-refractivity contribution in [1.82, 2.24) is 9.88 Å². The van der Waals surface area contributed by atoms with Crippen molar-refractivity contribution in [1.29, 1.82) is 0 Å². The molecule has 7 rings (SSSR count). The van der Waals surface area contributed by atoms with Crippen molar-refractivity contribution >= 4 is 10.9 Å². The number of para-hydroxylation sites is 1. The van der Waals surface area contributed by atoms with E-state index in [2.05, 4.69) is 47.9 Å². The maximum absolute atomic E-state index is 5.99. The van der Waals surface area contributed by atoms with Crippen LogP contribution in [0.5, 0.6) is 17.2 Å². The molecule has 4 unspecified atom stereocenters. The van der Waals surface area contributed by atoms with E-state index in [-0.39, 0.29) is 0 Å². The summed E-state index contributed by atoms with van der Waals surface area (Å²) in [5.74, 6) is 3.92. The Kier molecular flexibility index (Phi) is 6.20. The SMILES string of the molecule is C=CC1CN2CCC1CC2Cc1cc(-c2ccc(Oc3ccccc3)cc2)nc2ccc(OC)cc12. The zero-order valence-electron chi connectivity index (χ0n) is 20.8. The molecule has 3 aliphatic rings. The molecule has 3 aromatic carbocycles. The average molecular weight is 477 g/mol. The van der Waals surface area contributed by atoms with Gasteiger partial charge in [-0.15, -0.1) is 6.58 Å². The number of aromatic nitrogens is 1. The normalized spacial score (nSPS) is 22.9. The third-order valence-corrected chi connectivity index (χ3v) is 7.92. The van der Waals surface area contributed by atoms with Crippen LogP contribution in [0.2, 0.25) is 0 Å². The highest BCUT2D eigenvalue weighted by Crippen LogP contribution is 2.39. The number of fused-ring (bicyclic) bond motifs is 4. The summed E-state index contributed by atoms with van der Waals surface area (Å²) >= 11 is 0. The maximum atomic E-state index is 5.99. The smallest absolute Gasteiger partial charge is 0.127 e. The topological polar surface area (TPSA) is 34.6 Å². The first kappa shape index (κ1) is 22.8. The lowest BCUT2D eigenvalue weighted by atomic mass is 9.74. The maximum Gasteiger partial charge on any atom is 0.127 e. The molecule has 0 aliphatic carbocycles. The van der Waals surface area contributed by atoms with Gasteiger partial charge in [-0.1, -0.05) is 24.3 Å². The minimum absolute atomic E-state index is 0.561. The lowest BCUT2D eigenvalue weighted by molar-refractivity contribution is 0.0196. The average Bonchev–Trinajstić information content (AvgIpc) is 2.94. The second-order valence-electron chi connectivity index (χ2n) is 10.0. The van der Waals surface area contributed by atoms with Gasteiger partial charge in [-0.2, -0.15) is 0 Å². The Labute approximate surface area is 213 Å². The molecule has 0 amide bonds. The van der Waals surface area contributed by atoms with E-state index in [0.717, 1.165) is 52.9 Å². The number of hydrogen-bond acceptors (Lipinski definition) is 4. The minimum atomic E-state index is 0.561. The molecule has 4 atom stereocenters. The van der Waals surface area contributed by atoms with Gasteiger partial charge in [0.05, 0.1) is 18.3 Å². The van der Waals surface area contributed by atoms with Gasteiger partial charge in [0.2, 0.25) is 0 Å². The van der Waals surface area contributed by atoms with Crippen LogP contribution in [0, 0.1) is 11.8 Å². The van der Waals surface area contributed by atoms with Crippen LogP contribution >= 0.6 is 0 Å². The van der Waals surface area contributed by atoms with Gasteiger partial charge >= 0.3 is 0 Å². The molecule has 0 saturated carbocycles. The summed E-state index contributed by atoms with van der Waals surface area (Å²) in [5, 5.41) is 1.19. The van der Waals surface area contributed by atoms with E-state index in [0.29, 0.717) is 12.0 Å². The Morgan fingerprint density at radius 3 is 2.47 bits per heavy atom. The van der Waals surface area contributed by atoms with Crippen LogP contribution in [0.15, 0.2) is 91.5 Å². The fraction of sp³-hybridized carbons (Fsp3) is 0.281. The van der Waals surface area contributed by atoms with Crippen LogP contribution in [-0.2, 0) is 6.42 Å². The predicted molar refractivity (Wildman–Crippen MR) is 146 cm³/mol. The summed E-state index contributed by atoms with van der Waals surface area (Å²) in [4.78, 5) is 7.71. The highest BCUT2D eigenvalue weighted by atomic mass is 16.5. The molecule has 4 heteroatoms. The van der Waals surface area contributed by atoms with Gasteiger partial charge in [-0.05, 0) is 104 Å². The third kappa shape index (κ3) is 4.49. The van der Waals surface area contributed by atoms with Gasteiger partial charge in [0.25, 0.3) is 0 Å². The Morgan fingerprint density at radius 1 is 0.972 bits per heavy atom. The zero-order chi connectivity index (χ0) is 24.5. The first-order valence-corrected chi connectivity index (χ1v) is 12.9. The fourth-order valence-electron chi connectivity index (χ4n) is 5.95. The highest BCUT2D eigenvalue weighted by molar-refractivity contribution is 5.86. The zero-order valence-corrected chi connectivity index (χ0v) is 20.8. The molecule has 3 saturated heterocycles. The van der Waals surface area contributed by atoms with Crippen molar-refractivity contribution in [2.24, 2.45) is 11.8 Å². The molecule has 182 valence electrons. The second kappa shape index (κ2) is 9.79. The van der Waals surface area contributed by atoms with E-state index in [1.165, 1.54) is 30.3 Å². The second-order valence-corrected chi connectivity index (χ2v) is 10.0. The largest absolute Gasteiger partial charge is 0.497 e. The molecule has 0 radical (unpaired) electrons. The summed E-state index contributed by atoms with van der Waals surface area (Å²) in [6.45, 7) is 6.43. The molecular weight excluding hydrogens is 444 g/mol. The van der Waals surface area contributed by atoms with Crippen molar-refractivity contribution in [2.75, 3.05) is 20.2 Å². The molecule has 0 spiro atoms. The van der Waals surface area contributed by atoms with Crippen LogP contribution in [0.3, 0.4) is 0 Å². The van der Waals surface area contributed by atoms with E-state index in [1.807, 2.05) is 48.5 Å². The first-order valence-electron chi connectivity index (χ1n) is 12.9. The molecule has 4 aromatic rings. The summed E-state index contributed by atoms with van der Waals surface area (Å²) in [7, 11) is 1.73. The van der Waals surface area contributed by atoms with E-state index < -0.39 is 0 Å². The first-order chi connectivity index (χ1) is 17.7. The van der Waals surface area contributed by atoms with Crippen LogP contribution in [-0.4, -0.2) is 36.1 Å². The number of hydrogen-bond donors (Lipinski definition) is 0. The molecule has 4 nitrogen and oxygen atoms in total. The van der Waals surface area contributed by atoms with Gasteiger partial charge in [-0.25, -0.2) is 4.98 Å². The Morgan fingerprint density at radius 2 is 1.75 bits per heavy atom. The monoisotopic (exact) mass is 476 g/mol. The lowest BCUT2D eigenvalue weighted by Crippen LogP contribution is -2.53. The molecule has 3 fully saturated rings. The predicted octanol–water partition coefficient (Wildman–Crippen LogP) is 7.14. The minimum Gasteiger partial charge on any atom is -0.497 e. The van der Waals surface area contributed by atoms with Gasteiger partial charge in [0.1, 0.15) is 17.2 Å². The Hall–Kier alpha value is -3.63. The number of piperidine rings is 3. The van der Waals surface area contributed by atoms with Crippen LogP contribution in [0.4, 0.5) is 0 Å². The van der Waals surface area contributed by atoms with Gasteiger partial charge < -0.3 is 9.47 Å². The van der Waals surface area contributed by atoms with Gasteiger partial charge in [0.15, 0.2) is 0 Å². The lowest BCUT2D eigenvalue weighted by Gasteiger charge is -2.49. The number of pyridine rings is 1. The summed E-state index contributed by atoms with van der Waals surface area (Å²) < 4.78 is 11.5. The molecule has 2 bridgehead atoms. The van der Waals surface area contributed by atoms with Crippen LogP contribution < -0.4 is 9.47 Å². The summed E-state index contributed by atoms with van der Waals surface area (Å²) in [6.07, 6.45) is 5.73. The molecule has 1 aromatic heterocycles. The van der Waals surface area contributed by atoms with Crippen molar-refractivity contribution in [3.63, 3.8) is 0 Å². The quantitative estimate of drug-likeness (QED) is 0.266. The van der Waals surface area contributed by atoms with E-state index in [4.69, 9.17) is 14.5 Å². The summed E-state index contributed by atoms with van der Waals surface area (Å²) in [6, 6.07) is 27.2. The van der Waals surface area contributed by atoms with Gasteiger partial charge in [-0.3, -0.25) is 4.90 Å². The fourth-order valence-corrected chi connectivity index (χ4v) is 5.95. The Bertz CT molecular complexity index is 1370. The highest BCUT2D eigenvalue weighted by Gasteiger charge is 2.38. The van der Waals surface area contributed by atoms with Crippen LogP contribution in [0.25, 0.3) is 22.2 Å². The number of benzene rings is 3. The number of rotatable bonds is 7. The summed E-state index contributed by atoms with van der Waals surface area (Å²) in [5.41, 5.74) is 4.43. The van der Waals surface area contributed by atoms with Crippen LogP contribution in [0.1, 0.15) is 18.4 Å². The molecule has 0 N–H and O–H groups in total.